The first-order valence-corrected chi connectivity index (χ1v) is 5.90. The second-order valence-corrected chi connectivity index (χ2v) is 4.04. The predicted octanol–water partition coefficient (Wildman–Crippen LogP) is 0.665. The number of aliphatic imine (C=N–C) groups is 1. The third-order valence-electron chi connectivity index (χ3n) is 2.67. The van der Waals surface area contributed by atoms with E-state index < -0.39 is 0 Å². The standard InChI is InChI=1S/C12H18N4O/c13-12(16-9-11-5-3-7-17-11)15-8-10-4-1-2-6-14-10/h1-2,4,6,11H,3,5,7-9H2,(H3,13,15,16). The fourth-order valence-corrected chi connectivity index (χ4v) is 1.74. The van der Waals surface area contributed by atoms with Crippen LogP contribution >= 0.6 is 0 Å². The molecule has 1 saturated heterocycles. The summed E-state index contributed by atoms with van der Waals surface area (Å²) in [5.41, 5.74) is 6.67. The van der Waals surface area contributed by atoms with Crippen molar-refractivity contribution in [3.63, 3.8) is 0 Å². The fourth-order valence-electron chi connectivity index (χ4n) is 1.74. The van der Waals surface area contributed by atoms with Crippen molar-refractivity contribution in [2.75, 3.05) is 13.2 Å². The van der Waals surface area contributed by atoms with Crippen molar-refractivity contribution in [1.29, 1.82) is 0 Å². The highest BCUT2D eigenvalue weighted by Crippen LogP contribution is 2.10. The summed E-state index contributed by atoms with van der Waals surface area (Å²) in [4.78, 5) is 8.39. The monoisotopic (exact) mass is 234 g/mol. The van der Waals surface area contributed by atoms with Crippen LogP contribution in [0.25, 0.3) is 0 Å². The molecule has 3 N–H and O–H groups in total. The van der Waals surface area contributed by atoms with Gasteiger partial charge in [0.15, 0.2) is 5.96 Å². The molecule has 1 fully saturated rings. The molecular formula is C12H18N4O. The Bertz CT molecular complexity index is 360. The molecule has 0 aliphatic carbocycles. The maximum Gasteiger partial charge on any atom is 0.189 e. The van der Waals surface area contributed by atoms with E-state index in [0.29, 0.717) is 12.5 Å². The van der Waals surface area contributed by atoms with Gasteiger partial charge in [0.1, 0.15) is 0 Å². The Morgan fingerprint density at radius 3 is 3.24 bits per heavy atom. The highest BCUT2D eigenvalue weighted by atomic mass is 16.5. The lowest BCUT2D eigenvalue weighted by Gasteiger charge is -2.10. The minimum absolute atomic E-state index is 0.276. The van der Waals surface area contributed by atoms with Gasteiger partial charge >= 0.3 is 0 Å². The zero-order chi connectivity index (χ0) is 11.9. The molecule has 1 aromatic heterocycles. The van der Waals surface area contributed by atoms with Crippen LogP contribution in [0.15, 0.2) is 29.4 Å². The Morgan fingerprint density at radius 2 is 2.53 bits per heavy atom. The van der Waals surface area contributed by atoms with Gasteiger partial charge in [-0.2, -0.15) is 0 Å². The number of guanidine groups is 1. The summed E-state index contributed by atoms with van der Waals surface area (Å²) < 4.78 is 5.48. The SMILES string of the molecule is NC(=NCc1ccccn1)NCC1CCCO1. The van der Waals surface area contributed by atoms with Gasteiger partial charge in [-0.05, 0) is 25.0 Å². The highest BCUT2D eigenvalue weighted by Gasteiger charge is 2.14. The van der Waals surface area contributed by atoms with Gasteiger partial charge in [0, 0.05) is 19.3 Å². The Balaban J connectivity index is 1.73. The number of hydrogen-bond acceptors (Lipinski definition) is 3. The normalized spacial score (nSPS) is 20.5. The molecule has 1 aliphatic heterocycles. The first-order valence-electron chi connectivity index (χ1n) is 5.90. The molecule has 17 heavy (non-hydrogen) atoms. The van der Waals surface area contributed by atoms with Crippen LogP contribution in [0.5, 0.6) is 0 Å². The smallest absolute Gasteiger partial charge is 0.189 e. The Kier molecular flexibility index (Phi) is 4.32. The summed E-state index contributed by atoms with van der Waals surface area (Å²) in [6, 6.07) is 5.75. The molecule has 0 amide bonds. The summed E-state index contributed by atoms with van der Waals surface area (Å²) in [6.07, 6.45) is 4.26. The number of nitrogens with two attached hydrogens (primary N) is 1. The minimum Gasteiger partial charge on any atom is -0.376 e. The first-order chi connectivity index (χ1) is 8.34. The number of nitrogens with one attached hydrogen (secondary N) is 1. The van der Waals surface area contributed by atoms with E-state index in [1.807, 2.05) is 18.2 Å². The van der Waals surface area contributed by atoms with E-state index in [2.05, 4.69) is 15.3 Å². The van der Waals surface area contributed by atoms with Gasteiger partial charge in [0.05, 0.1) is 18.3 Å². The van der Waals surface area contributed by atoms with E-state index in [0.717, 1.165) is 31.7 Å². The topological polar surface area (TPSA) is 72.5 Å². The molecule has 5 nitrogen and oxygen atoms in total. The summed E-state index contributed by atoms with van der Waals surface area (Å²) >= 11 is 0. The molecule has 0 aromatic carbocycles. The molecule has 5 heteroatoms. The van der Waals surface area contributed by atoms with Crippen molar-refractivity contribution in [2.24, 2.45) is 10.7 Å². The van der Waals surface area contributed by atoms with Crippen LogP contribution in [0.4, 0.5) is 0 Å². The number of aromatic nitrogens is 1. The molecule has 1 aliphatic rings. The van der Waals surface area contributed by atoms with Crippen LogP contribution in [0.1, 0.15) is 18.5 Å². The molecule has 2 heterocycles. The summed E-state index contributed by atoms with van der Waals surface area (Å²) in [7, 11) is 0. The van der Waals surface area contributed by atoms with Crippen molar-refractivity contribution < 1.29 is 4.74 Å². The lowest BCUT2D eigenvalue weighted by molar-refractivity contribution is 0.114. The Labute approximate surface area is 101 Å². The second-order valence-electron chi connectivity index (χ2n) is 4.04. The molecule has 0 saturated carbocycles. The molecule has 2 rings (SSSR count). The lowest BCUT2D eigenvalue weighted by Crippen LogP contribution is -2.37. The van der Waals surface area contributed by atoms with E-state index in [9.17, 15) is 0 Å². The number of nitrogens with zero attached hydrogens (tertiary/aromatic N) is 2. The molecule has 1 aromatic rings. The van der Waals surface area contributed by atoms with Crippen molar-refractivity contribution in [2.45, 2.75) is 25.5 Å². The zero-order valence-electron chi connectivity index (χ0n) is 9.80. The van der Waals surface area contributed by atoms with E-state index in [1.54, 1.807) is 6.20 Å². The third kappa shape index (κ3) is 4.03. The third-order valence-corrected chi connectivity index (χ3v) is 2.67. The summed E-state index contributed by atoms with van der Waals surface area (Å²) in [5.74, 6) is 0.450. The lowest BCUT2D eigenvalue weighted by atomic mass is 10.2. The van der Waals surface area contributed by atoms with Gasteiger partial charge in [0.2, 0.25) is 0 Å². The van der Waals surface area contributed by atoms with Crippen LogP contribution in [-0.2, 0) is 11.3 Å². The van der Waals surface area contributed by atoms with Crippen LogP contribution in [0, 0.1) is 0 Å². The fraction of sp³-hybridized carbons (Fsp3) is 0.500. The zero-order valence-corrected chi connectivity index (χ0v) is 9.80. The van der Waals surface area contributed by atoms with Gasteiger partial charge in [-0.1, -0.05) is 6.07 Å². The van der Waals surface area contributed by atoms with Crippen LogP contribution < -0.4 is 11.1 Å². The largest absolute Gasteiger partial charge is 0.376 e. The van der Waals surface area contributed by atoms with Crippen molar-refractivity contribution in [3.8, 4) is 0 Å². The van der Waals surface area contributed by atoms with Gasteiger partial charge in [-0.25, -0.2) is 4.99 Å². The minimum atomic E-state index is 0.276. The van der Waals surface area contributed by atoms with E-state index >= 15 is 0 Å². The number of hydrogen-bond donors (Lipinski definition) is 2. The average molecular weight is 234 g/mol. The number of ether oxygens (including phenoxy) is 1. The first kappa shape index (κ1) is 11.9. The maximum atomic E-state index is 5.76. The van der Waals surface area contributed by atoms with Gasteiger partial charge in [-0.3, -0.25) is 4.98 Å². The van der Waals surface area contributed by atoms with Crippen molar-refractivity contribution >= 4 is 5.96 Å². The quantitative estimate of drug-likeness (QED) is 0.593. The molecule has 1 unspecified atom stereocenters. The predicted molar refractivity (Wildman–Crippen MR) is 66.5 cm³/mol. The van der Waals surface area contributed by atoms with Crippen LogP contribution in [0.2, 0.25) is 0 Å². The Hall–Kier alpha value is -1.62. The molecule has 0 spiro atoms. The van der Waals surface area contributed by atoms with Crippen molar-refractivity contribution in [3.05, 3.63) is 30.1 Å². The molecule has 0 radical (unpaired) electrons. The van der Waals surface area contributed by atoms with E-state index in [4.69, 9.17) is 10.5 Å². The second kappa shape index (κ2) is 6.20. The van der Waals surface area contributed by atoms with E-state index in [-0.39, 0.29) is 6.10 Å². The maximum absolute atomic E-state index is 5.76. The molecule has 0 bridgehead atoms. The summed E-state index contributed by atoms with van der Waals surface area (Å²) in [6.45, 7) is 2.10. The van der Waals surface area contributed by atoms with Crippen LogP contribution in [0.3, 0.4) is 0 Å². The molecule has 1 atom stereocenters. The number of rotatable bonds is 4. The van der Waals surface area contributed by atoms with Crippen molar-refractivity contribution in [1.82, 2.24) is 10.3 Å². The van der Waals surface area contributed by atoms with Gasteiger partial charge < -0.3 is 15.8 Å². The average Bonchev–Trinajstić information content (AvgIpc) is 2.88. The molecule has 92 valence electrons. The van der Waals surface area contributed by atoms with E-state index in [1.165, 1.54) is 0 Å². The number of pyridine rings is 1. The Morgan fingerprint density at radius 1 is 1.59 bits per heavy atom. The highest BCUT2D eigenvalue weighted by molar-refractivity contribution is 5.77. The molecular weight excluding hydrogens is 216 g/mol. The van der Waals surface area contributed by atoms with Crippen LogP contribution in [-0.4, -0.2) is 30.2 Å². The van der Waals surface area contributed by atoms with Gasteiger partial charge in [-0.15, -0.1) is 0 Å². The summed E-state index contributed by atoms with van der Waals surface area (Å²) in [5, 5.41) is 3.07. The van der Waals surface area contributed by atoms with Gasteiger partial charge in [0.25, 0.3) is 0 Å².